The Kier molecular flexibility index (Phi) is 5.91. The summed E-state index contributed by atoms with van der Waals surface area (Å²) in [4.78, 5) is 12.1. The molecule has 1 saturated carbocycles. The Morgan fingerprint density at radius 2 is 1.90 bits per heavy atom. The smallest absolute Gasteiger partial charge is 0.349 e. The highest BCUT2D eigenvalue weighted by atomic mass is 35.5. The molecule has 0 spiro atoms. The van der Waals surface area contributed by atoms with Crippen LogP contribution in [0.4, 0.5) is 13.2 Å². The van der Waals surface area contributed by atoms with Crippen molar-refractivity contribution in [2.24, 2.45) is 5.92 Å². The zero-order valence-electron chi connectivity index (χ0n) is 17.5. The minimum atomic E-state index is -4.42. The predicted octanol–water partition coefficient (Wildman–Crippen LogP) is 6.83. The van der Waals surface area contributed by atoms with Crippen molar-refractivity contribution in [2.45, 2.75) is 57.7 Å². The Hall–Kier alpha value is -2.27. The fraction of sp³-hybridized carbons (Fsp3) is 0.400. The van der Waals surface area contributed by atoms with Gasteiger partial charge in [0.1, 0.15) is 0 Å². The van der Waals surface area contributed by atoms with Gasteiger partial charge in [-0.15, -0.1) is 0 Å². The molecule has 2 aliphatic carbocycles. The molecule has 0 saturated heterocycles. The number of rotatable bonds is 5. The lowest BCUT2D eigenvalue weighted by Gasteiger charge is -2.19. The highest BCUT2D eigenvalue weighted by molar-refractivity contribution is 6.31. The van der Waals surface area contributed by atoms with Crippen molar-refractivity contribution in [1.82, 2.24) is 5.32 Å². The second-order valence-electron chi connectivity index (χ2n) is 8.66. The Morgan fingerprint density at radius 3 is 2.55 bits per heavy atom. The third-order valence-electron chi connectivity index (χ3n) is 6.33. The first-order chi connectivity index (χ1) is 14.6. The summed E-state index contributed by atoms with van der Waals surface area (Å²) < 4.78 is 41.4. The summed E-state index contributed by atoms with van der Waals surface area (Å²) in [5.74, 6) is -1.46. The third kappa shape index (κ3) is 4.82. The lowest BCUT2D eigenvalue weighted by molar-refractivity contribution is -0.139. The molecule has 1 amide bonds. The van der Waals surface area contributed by atoms with Crippen molar-refractivity contribution in [3.05, 3.63) is 74.8 Å². The van der Waals surface area contributed by atoms with Gasteiger partial charge in [0, 0.05) is 10.9 Å². The SMILES string of the molecule is Cc1cc(C(/C=C/c2ccc3c(c2)CCC3NC(=O)C2CC2)C(F)(F)F)cc(Cl)c1C. The fourth-order valence-electron chi connectivity index (χ4n) is 4.17. The van der Waals surface area contributed by atoms with Crippen LogP contribution in [0.15, 0.2) is 36.4 Å². The van der Waals surface area contributed by atoms with E-state index in [4.69, 9.17) is 11.6 Å². The van der Waals surface area contributed by atoms with Crippen molar-refractivity contribution >= 4 is 23.6 Å². The van der Waals surface area contributed by atoms with Gasteiger partial charge in [-0.25, -0.2) is 0 Å². The van der Waals surface area contributed by atoms with Gasteiger partial charge in [0.2, 0.25) is 5.91 Å². The number of halogens is 4. The van der Waals surface area contributed by atoms with Crippen molar-refractivity contribution in [3.63, 3.8) is 0 Å². The highest BCUT2D eigenvalue weighted by Crippen LogP contribution is 2.39. The quantitative estimate of drug-likeness (QED) is 0.534. The van der Waals surface area contributed by atoms with Crippen molar-refractivity contribution in [2.75, 3.05) is 0 Å². The molecule has 2 aromatic rings. The van der Waals surface area contributed by atoms with Crippen LogP contribution >= 0.6 is 11.6 Å². The fourth-order valence-corrected chi connectivity index (χ4v) is 4.44. The van der Waals surface area contributed by atoms with Gasteiger partial charge in [-0.2, -0.15) is 13.2 Å². The molecule has 2 aliphatic rings. The standard InChI is InChI=1S/C25H25ClF3NO/c1-14-11-19(13-22(26)15(14)2)21(25(27,28)29)9-4-16-3-8-20-18(12-16)7-10-23(20)30-24(31)17-5-6-17/h3-4,8-9,11-13,17,21,23H,5-7,10H2,1-2H3,(H,30,31)/b9-4+. The van der Waals surface area contributed by atoms with Crippen molar-refractivity contribution < 1.29 is 18.0 Å². The topological polar surface area (TPSA) is 29.1 Å². The molecule has 2 unspecified atom stereocenters. The monoisotopic (exact) mass is 447 g/mol. The van der Waals surface area contributed by atoms with Crippen LogP contribution in [-0.2, 0) is 11.2 Å². The molecular weight excluding hydrogens is 423 g/mol. The zero-order valence-corrected chi connectivity index (χ0v) is 18.3. The van der Waals surface area contributed by atoms with Crippen LogP contribution in [0.5, 0.6) is 0 Å². The number of nitrogens with one attached hydrogen (secondary N) is 1. The van der Waals surface area contributed by atoms with Crippen molar-refractivity contribution in [3.8, 4) is 0 Å². The summed E-state index contributed by atoms with van der Waals surface area (Å²) in [7, 11) is 0. The summed E-state index contributed by atoms with van der Waals surface area (Å²) >= 11 is 6.15. The first-order valence-electron chi connectivity index (χ1n) is 10.6. The highest BCUT2D eigenvalue weighted by Gasteiger charge is 2.39. The van der Waals surface area contributed by atoms with Gasteiger partial charge < -0.3 is 5.32 Å². The van der Waals surface area contributed by atoms with Crippen LogP contribution in [0, 0.1) is 19.8 Å². The molecule has 0 aliphatic heterocycles. The number of aryl methyl sites for hydroxylation is 2. The Morgan fingerprint density at radius 1 is 1.16 bits per heavy atom. The first kappa shape index (κ1) is 21.9. The molecule has 4 rings (SSSR count). The van der Waals surface area contributed by atoms with Crippen molar-refractivity contribution in [1.29, 1.82) is 0 Å². The number of alkyl halides is 3. The molecule has 31 heavy (non-hydrogen) atoms. The molecule has 2 nitrogen and oxygen atoms in total. The maximum absolute atomic E-state index is 13.8. The minimum Gasteiger partial charge on any atom is -0.349 e. The van der Waals surface area contributed by atoms with E-state index in [1.54, 1.807) is 19.9 Å². The Labute approximate surface area is 185 Å². The summed E-state index contributed by atoms with van der Waals surface area (Å²) in [6.07, 6.45) is 1.86. The van der Waals surface area contributed by atoms with Gasteiger partial charge in [-0.3, -0.25) is 4.79 Å². The van der Waals surface area contributed by atoms with Gasteiger partial charge >= 0.3 is 6.18 Å². The second kappa shape index (κ2) is 8.34. The van der Waals surface area contributed by atoms with Gasteiger partial charge in [-0.05, 0) is 79.0 Å². The minimum absolute atomic E-state index is 0.00160. The number of carbonyl (C=O) groups is 1. The average Bonchev–Trinajstić information content (AvgIpc) is 3.48. The molecule has 2 atom stereocenters. The van der Waals surface area contributed by atoms with E-state index < -0.39 is 12.1 Å². The molecule has 164 valence electrons. The second-order valence-corrected chi connectivity index (χ2v) is 9.06. The molecule has 1 fully saturated rings. The number of hydrogen-bond acceptors (Lipinski definition) is 1. The normalized spacial score (nSPS) is 19.5. The van der Waals surface area contributed by atoms with E-state index in [-0.39, 0.29) is 23.4 Å². The van der Waals surface area contributed by atoms with Crippen LogP contribution in [0.1, 0.15) is 64.6 Å². The summed E-state index contributed by atoms with van der Waals surface area (Å²) in [6, 6.07) is 8.63. The lowest BCUT2D eigenvalue weighted by Crippen LogP contribution is -2.28. The van der Waals surface area contributed by atoms with E-state index in [2.05, 4.69) is 5.32 Å². The molecule has 0 heterocycles. The van der Waals surface area contributed by atoms with E-state index in [9.17, 15) is 18.0 Å². The van der Waals surface area contributed by atoms with Gasteiger partial charge in [0.15, 0.2) is 0 Å². The molecule has 0 aromatic heterocycles. The van der Waals surface area contributed by atoms with Gasteiger partial charge in [-0.1, -0.05) is 48.0 Å². The van der Waals surface area contributed by atoms with Crippen LogP contribution in [0.25, 0.3) is 6.08 Å². The lowest BCUT2D eigenvalue weighted by atomic mass is 9.93. The van der Waals surface area contributed by atoms with Gasteiger partial charge in [0.05, 0.1) is 12.0 Å². The molecule has 1 N–H and O–H groups in total. The Balaban J connectivity index is 1.55. The largest absolute Gasteiger partial charge is 0.399 e. The van der Waals surface area contributed by atoms with Crippen LogP contribution in [-0.4, -0.2) is 12.1 Å². The maximum atomic E-state index is 13.8. The van der Waals surface area contributed by atoms with Crippen LogP contribution in [0.2, 0.25) is 5.02 Å². The van der Waals surface area contributed by atoms with E-state index in [0.29, 0.717) is 5.02 Å². The zero-order chi connectivity index (χ0) is 22.3. The van der Waals surface area contributed by atoms with E-state index >= 15 is 0 Å². The molecule has 2 aromatic carbocycles. The number of carbonyl (C=O) groups excluding carboxylic acids is 1. The van der Waals surface area contributed by atoms with E-state index in [1.807, 2.05) is 18.2 Å². The van der Waals surface area contributed by atoms with Gasteiger partial charge in [0.25, 0.3) is 0 Å². The predicted molar refractivity (Wildman–Crippen MR) is 117 cm³/mol. The van der Waals surface area contributed by atoms with E-state index in [0.717, 1.165) is 53.5 Å². The summed E-state index contributed by atoms with van der Waals surface area (Å²) in [5, 5.41) is 3.45. The Bertz CT molecular complexity index is 1020. The first-order valence-corrected chi connectivity index (χ1v) is 11.0. The summed E-state index contributed by atoms with van der Waals surface area (Å²) in [5.41, 5.74) is 4.54. The maximum Gasteiger partial charge on any atom is 0.399 e. The average molecular weight is 448 g/mol. The number of benzene rings is 2. The third-order valence-corrected chi connectivity index (χ3v) is 6.72. The van der Waals surface area contributed by atoms with E-state index in [1.165, 1.54) is 18.2 Å². The molecule has 0 radical (unpaired) electrons. The summed E-state index contributed by atoms with van der Waals surface area (Å²) in [6.45, 7) is 3.56. The van der Waals surface area contributed by atoms with Crippen LogP contribution < -0.4 is 5.32 Å². The number of allylic oxidation sites excluding steroid dienone is 1. The number of amides is 1. The number of hydrogen-bond donors (Lipinski definition) is 1. The molecular formula is C25H25ClF3NO. The van der Waals surface area contributed by atoms with Crippen LogP contribution in [0.3, 0.4) is 0 Å². The number of fused-ring (bicyclic) bond motifs is 1. The molecule has 0 bridgehead atoms. The molecule has 6 heteroatoms.